The van der Waals surface area contributed by atoms with Crippen LogP contribution in [0.25, 0.3) is 0 Å². The summed E-state index contributed by atoms with van der Waals surface area (Å²) in [5, 5.41) is 0. The zero-order valence-corrected chi connectivity index (χ0v) is 15.6. The average molecular weight is 411 g/mol. The van der Waals surface area contributed by atoms with Gasteiger partial charge in [-0.3, -0.25) is 0 Å². The average Bonchev–Trinajstić information content (AvgIpc) is 2.41. The third-order valence-corrected chi connectivity index (χ3v) is 3.81. The van der Waals surface area contributed by atoms with Crippen LogP contribution in [-0.4, -0.2) is 29.9 Å². The number of piperidine rings is 1. The van der Waals surface area contributed by atoms with Crippen molar-refractivity contribution in [2.24, 2.45) is 27.4 Å². The number of rotatable bonds is 1. The molecule has 124 valence electrons. The molecular weight excluding hydrogens is 389 g/mol. The van der Waals surface area contributed by atoms with Gasteiger partial charge in [0.05, 0.1) is 5.69 Å². The summed E-state index contributed by atoms with van der Waals surface area (Å²) in [7, 11) is 0. The van der Waals surface area contributed by atoms with E-state index in [1.807, 2.05) is 24.3 Å². The van der Waals surface area contributed by atoms with Crippen molar-refractivity contribution < 1.29 is 0 Å². The first-order chi connectivity index (χ1) is 9.54. The number of aliphatic imine (C=N–C) groups is 2. The number of nitrogens with zero attached hydrogens (tertiary/aromatic N) is 3. The van der Waals surface area contributed by atoms with E-state index in [4.69, 9.17) is 11.5 Å². The van der Waals surface area contributed by atoms with Crippen LogP contribution in [0.15, 0.2) is 38.7 Å². The van der Waals surface area contributed by atoms with E-state index in [-0.39, 0.29) is 30.8 Å². The van der Waals surface area contributed by atoms with Crippen molar-refractivity contribution >= 4 is 58.4 Å². The van der Waals surface area contributed by atoms with E-state index >= 15 is 0 Å². The Morgan fingerprint density at radius 2 is 1.86 bits per heavy atom. The highest BCUT2D eigenvalue weighted by atomic mass is 79.9. The van der Waals surface area contributed by atoms with Crippen molar-refractivity contribution in [3.63, 3.8) is 0 Å². The van der Waals surface area contributed by atoms with E-state index in [0.717, 1.165) is 29.7 Å². The largest absolute Gasteiger partial charge is 0.369 e. The lowest BCUT2D eigenvalue weighted by atomic mass is 10.0. The maximum atomic E-state index is 6.00. The summed E-state index contributed by atoms with van der Waals surface area (Å²) in [6.07, 6.45) is 2.38. The second kappa shape index (κ2) is 9.92. The Hall–Kier alpha value is -0.980. The number of nitrogens with two attached hydrogens (primary N) is 2. The fourth-order valence-corrected chi connectivity index (χ4v) is 2.52. The van der Waals surface area contributed by atoms with Gasteiger partial charge in [-0.2, -0.15) is 4.99 Å². The van der Waals surface area contributed by atoms with Gasteiger partial charge in [0.2, 0.25) is 5.96 Å². The van der Waals surface area contributed by atoms with E-state index in [0.29, 0.717) is 11.9 Å². The van der Waals surface area contributed by atoms with E-state index in [1.54, 1.807) is 0 Å². The van der Waals surface area contributed by atoms with Gasteiger partial charge >= 0.3 is 0 Å². The molecule has 8 heteroatoms. The molecule has 5 nitrogen and oxygen atoms in total. The van der Waals surface area contributed by atoms with Gasteiger partial charge in [0.15, 0.2) is 5.96 Å². The lowest BCUT2D eigenvalue weighted by molar-refractivity contribution is 0.271. The van der Waals surface area contributed by atoms with E-state index < -0.39 is 0 Å². The van der Waals surface area contributed by atoms with Gasteiger partial charge in [-0.1, -0.05) is 22.9 Å². The molecule has 0 aromatic heterocycles. The molecule has 2 rings (SSSR count). The van der Waals surface area contributed by atoms with Crippen LogP contribution in [0, 0.1) is 5.92 Å². The molecule has 0 saturated carbocycles. The summed E-state index contributed by atoms with van der Waals surface area (Å²) in [4.78, 5) is 10.5. The van der Waals surface area contributed by atoms with E-state index in [2.05, 4.69) is 37.7 Å². The Morgan fingerprint density at radius 1 is 1.23 bits per heavy atom. The van der Waals surface area contributed by atoms with Gasteiger partial charge in [0.25, 0.3) is 0 Å². The molecule has 1 unspecified atom stereocenters. The molecule has 0 radical (unpaired) electrons. The van der Waals surface area contributed by atoms with Crippen LogP contribution in [0.3, 0.4) is 0 Å². The van der Waals surface area contributed by atoms with Crippen molar-refractivity contribution in [2.75, 3.05) is 13.1 Å². The number of likely N-dealkylation sites (tertiary alicyclic amines) is 1. The first-order valence-electron chi connectivity index (χ1n) is 6.73. The summed E-state index contributed by atoms with van der Waals surface area (Å²) in [6.45, 7) is 4.09. The van der Waals surface area contributed by atoms with Crippen molar-refractivity contribution in [1.29, 1.82) is 0 Å². The standard InChI is InChI=1S/C14H20BrN5.2ClH/c1-10-3-2-8-20(9-10)14(17)19-13(16)18-12-6-4-11(15)5-7-12;;/h4-7,10H,2-3,8-9H2,1H3,(H4,16,17,18,19);2*1H. The molecule has 1 aromatic carbocycles. The zero-order valence-electron chi connectivity index (χ0n) is 12.4. The lowest BCUT2D eigenvalue weighted by Gasteiger charge is -2.31. The Balaban J connectivity index is 0.00000220. The molecule has 1 saturated heterocycles. The molecular formula is C14H22BrCl2N5. The van der Waals surface area contributed by atoms with Crippen LogP contribution in [0.5, 0.6) is 0 Å². The smallest absolute Gasteiger partial charge is 0.223 e. The molecule has 4 N–H and O–H groups in total. The Labute approximate surface area is 152 Å². The van der Waals surface area contributed by atoms with Crippen LogP contribution < -0.4 is 11.5 Å². The second-order valence-electron chi connectivity index (χ2n) is 5.11. The highest BCUT2D eigenvalue weighted by Crippen LogP contribution is 2.17. The SMILES string of the molecule is CC1CCCN(/C(N)=N\C(N)=Nc2ccc(Br)cc2)C1.Cl.Cl. The minimum absolute atomic E-state index is 0. The highest BCUT2D eigenvalue weighted by molar-refractivity contribution is 9.10. The predicted octanol–water partition coefficient (Wildman–Crippen LogP) is 3.29. The Bertz CT molecular complexity index is 518. The minimum Gasteiger partial charge on any atom is -0.369 e. The Morgan fingerprint density at radius 3 is 2.45 bits per heavy atom. The van der Waals surface area contributed by atoms with Crippen LogP contribution in [0.2, 0.25) is 0 Å². The van der Waals surface area contributed by atoms with Gasteiger partial charge in [-0.25, -0.2) is 4.99 Å². The van der Waals surface area contributed by atoms with Crippen LogP contribution in [0.4, 0.5) is 5.69 Å². The summed E-state index contributed by atoms with van der Waals surface area (Å²) >= 11 is 3.38. The fraction of sp³-hybridized carbons (Fsp3) is 0.429. The third-order valence-electron chi connectivity index (χ3n) is 3.28. The Kier molecular flexibility index (Phi) is 9.48. The summed E-state index contributed by atoms with van der Waals surface area (Å²) in [5.74, 6) is 1.28. The topological polar surface area (TPSA) is 80.0 Å². The maximum absolute atomic E-state index is 6.00. The lowest BCUT2D eigenvalue weighted by Crippen LogP contribution is -2.44. The molecule has 1 heterocycles. The maximum Gasteiger partial charge on any atom is 0.223 e. The number of benzene rings is 1. The van der Waals surface area contributed by atoms with Gasteiger partial charge in [0, 0.05) is 17.6 Å². The van der Waals surface area contributed by atoms with Gasteiger partial charge in [-0.15, -0.1) is 24.8 Å². The molecule has 0 spiro atoms. The predicted molar refractivity (Wildman–Crippen MR) is 102 cm³/mol. The number of guanidine groups is 2. The first-order valence-corrected chi connectivity index (χ1v) is 7.53. The summed E-state index contributed by atoms with van der Waals surface area (Å²) in [6, 6.07) is 7.55. The molecule has 1 aromatic rings. The van der Waals surface area contributed by atoms with Crippen molar-refractivity contribution in [3.8, 4) is 0 Å². The number of halogens is 3. The normalized spacial score (nSPS) is 19.2. The van der Waals surface area contributed by atoms with E-state index in [1.165, 1.54) is 6.42 Å². The van der Waals surface area contributed by atoms with Gasteiger partial charge in [-0.05, 0) is 43.0 Å². The van der Waals surface area contributed by atoms with Crippen LogP contribution >= 0.6 is 40.7 Å². The quantitative estimate of drug-likeness (QED) is 0.550. The molecule has 0 bridgehead atoms. The molecule has 1 atom stereocenters. The molecule has 0 aliphatic carbocycles. The van der Waals surface area contributed by atoms with Crippen LogP contribution in [0.1, 0.15) is 19.8 Å². The first kappa shape index (κ1) is 21.0. The molecule has 1 aliphatic rings. The fourth-order valence-electron chi connectivity index (χ4n) is 2.26. The molecule has 0 amide bonds. The zero-order chi connectivity index (χ0) is 14.5. The molecule has 22 heavy (non-hydrogen) atoms. The highest BCUT2D eigenvalue weighted by Gasteiger charge is 2.17. The summed E-state index contributed by atoms with van der Waals surface area (Å²) < 4.78 is 1.00. The van der Waals surface area contributed by atoms with Crippen molar-refractivity contribution in [1.82, 2.24) is 4.90 Å². The van der Waals surface area contributed by atoms with Crippen LogP contribution in [-0.2, 0) is 0 Å². The molecule has 1 fully saturated rings. The van der Waals surface area contributed by atoms with Gasteiger partial charge < -0.3 is 16.4 Å². The monoisotopic (exact) mass is 409 g/mol. The third kappa shape index (κ3) is 6.42. The minimum atomic E-state index is 0. The van der Waals surface area contributed by atoms with E-state index in [9.17, 15) is 0 Å². The molecule has 1 aliphatic heterocycles. The van der Waals surface area contributed by atoms with Crippen molar-refractivity contribution in [3.05, 3.63) is 28.7 Å². The second-order valence-corrected chi connectivity index (χ2v) is 6.03. The van der Waals surface area contributed by atoms with Gasteiger partial charge in [0.1, 0.15) is 0 Å². The van der Waals surface area contributed by atoms with Crippen molar-refractivity contribution in [2.45, 2.75) is 19.8 Å². The number of hydrogen-bond acceptors (Lipinski definition) is 1. The summed E-state index contributed by atoms with van der Waals surface area (Å²) in [5.41, 5.74) is 12.6. The number of hydrogen-bond donors (Lipinski definition) is 2.